The zero-order valence-electron chi connectivity index (χ0n) is 11.4. The van der Waals surface area contributed by atoms with Gasteiger partial charge in [0.15, 0.2) is 0 Å². The Balaban J connectivity index is 2.02. The first-order valence-corrected chi connectivity index (χ1v) is 7.78. The molecule has 0 heterocycles. The highest BCUT2D eigenvalue weighted by Gasteiger charge is 2.23. The molecule has 4 heteroatoms. The van der Waals surface area contributed by atoms with Crippen LogP contribution in [0.1, 0.15) is 38.2 Å². The fourth-order valence-electron chi connectivity index (χ4n) is 2.90. The molecule has 106 valence electrons. The van der Waals surface area contributed by atoms with Gasteiger partial charge in [-0.1, -0.05) is 30.1 Å². The molecule has 2 N–H and O–H groups in total. The lowest BCUT2D eigenvalue weighted by molar-refractivity contribution is 0.149. The molecule has 0 spiro atoms. The summed E-state index contributed by atoms with van der Waals surface area (Å²) in [5.41, 5.74) is 7.17. The van der Waals surface area contributed by atoms with Crippen molar-refractivity contribution in [1.82, 2.24) is 4.90 Å². The van der Waals surface area contributed by atoms with E-state index >= 15 is 0 Å². The Bertz CT molecular complexity index is 394. The predicted octanol–water partition coefficient (Wildman–Crippen LogP) is 4.09. The lowest BCUT2D eigenvalue weighted by Gasteiger charge is -2.35. The van der Waals surface area contributed by atoms with Gasteiger partial charge in [-0.15, -0.1) is 0 Å². The van der Waals surface area contributed by atoms with Gasteiger partial charge in [0.05, 0.1) is 0 Å². The summed E-state index contributed by atoms with van der Waals surface area (Å²) >= 11 is 12.1. The Morgan fingerprint density at radius 1 is 1.11 bits per heavy atom. The molecule has 1 fully saturated rings. The number of benzene rings is 1. The third-order valence-electron chi connectivity index (χ3n) is 3.97. The van der Waals surface area contributed by atoms with Crippen molar-refractivity contribution in [2.24, 2.45) is 5.73 Å². The van der Waals surface area contributed by atoms with Crippen molar-refractivity contribution < 1.29 is 0 Å². The molecule has 2 nitrogen and oxygen atoms in total. The second-order valence-electron chi connectivity index (χ2n) is 5.41. The SMILES string of the molecule is CCN(Cc1cc(Cl)cc(Cl)c1)C1CCC(N)CC1. The van der Waals surface area contributed by atoms with Crippen LogP contribution in [0.15, 0.2) is 18.2 Å². The molecule has 1 aromatic rings. The van der Waals surface area contributed by atoms with Crippen molar-refractivity contribution in [2.45, 2.75) is 51.2 Å². The van der Waals surface area contributed by atoms with Gasteiger partial charge in [0.25, 0.3) is 0 Å². The van der Waals surface area contributed by atoms with Gasteiger partial charge in [-0.25, -0.2) is 0 Å². The molecule has 2 rings (SSSR count). The Hall–Kier alpha value is -0.280. The maximum absolute atomic E-state index is 6.06. The maximum Gasteiger partial charge on any atom is 0.0424 e. The van der Waals surface area contributed by atoms with Crippen LogP contribution in [0.5, 0.6) is 0 Å². The molecule has 1 saturated carbocycles. The third kappa shape index (κ3) is 4.35. The second-order valence-corrected chi connectivity index (χ2v) is 6.28. The van der Waals surface area contributed by atoms with Crippen LogP contribution < -0.4 is 5.73 Å². The quantitative estimate of drug-likeness (QED) is 0.907. The van der Waals surface area contributed by atoms with Gasteiger partial charge in [-0.05, 0) is 56.0 Å². The van der Waals surface area contributed by atoms with Crippen LogP contribution in [0.4, 0.5) is 0 Å². The van der Waals surface area contributed by atoms with Crippen molar-refractivity contribution in [2.75, 3.05) is 6.54 Å². The summed E-state index contributed by atoms with van der Waals surface area (Å²) in [5.74, 6) is 0. The zero-order chi connectivity index (χ0) is 13.8. The molecule has 0 bridgehead atoms. The van der Waals surface area contributed by atoms with Crippen LogP contribution in [-0.4, -0.2) is 23.5 Å². The van der Waals surface area contributed by atoms with E-state index in [0.29, 0.717) is 22.1 Å². The number of nitrogens with zero attached hydrogens (tertiary/aromatic N) is 1. The Kier molecular flexibility index (Phi) is 5.52. The average Bonchev–Trinajstić information content (AvgIpc) is 2.36. The summed E-state index contributed by atoms with van der Waals surface area (Å²) in [6.45, 7) is 4.17. The van der Waals surface area contributed by atoms with Gasteiger partial charge in [0, 0.05) is 28.7 Å². The smallest absolute Gasteiger partial charge is 0.0424 e. The molecule has 0 unspecified atom stereocenters. The fourth-order valence-corrected chi connectivity index (χ4v) is 3.47. The summed E-state index contributed by atoms with van der Waals surface area (Å²) in [5, 5.41) is 1.42. The number of rotatable bonds is 4. The van der Waals surface area contributed by atoms with E-state index in [1.54, 1.807) is 6.07 Å². The van der Waals surface area contributed by atoms with Crippen LogP contribution >= 0.6 is 23.2 Å². The molecule has 1 aromatic carbocycles. The zero-order valence-corrected chi connectivity index (χ0v) is 12.9. The summed E-state index contributed by atoms with van der Waals surface area (Å²) in [4.78, 5) is 2.51. The van der Waals surface area contributed by atoms with Crippen molar-refractivity contribution >= 4 is 23.2 Å². The lowest BCUT2D eigenvalue weighted by atomic mass is 9.90. The molecule has 0 radical (unpaired) electrons. The van der Waals surface area contributed by atoms with Gasteiger partial charge >= 0.3 is 0 Å². The van der Waals surface area contributed by atoms with Gasteiger partial charge in [-0.3, -0.25) is 4.90 Å². The summed E-state index contributed by atoms with van der Waals surface area (Å²) in [7, 11) is 0. The highest BCUT2D eigenvalue weighted by Crippen LogP contribution is 2.25. The predicted molar refractivity (Wildman–Crippen MR) is 82.8 cm³/mol. The molecule has 19 heavy (non-hydrogen) atoms. The minimum atomic E-state index is 0.399. The van der Waals surface area contributed by atoms with Crippen molar-refractivity contribution in [3.8, 4) is 0 Å². The van der Waals surface area contributed by atoms with Gasteiger partial charge in [-0.2, -0.15) is 0 Å². The van der Waals surface area contributed by atoms with Crippen LogP contribution in [0.25, 0.3) is 0 Å². The van der Waals surface area contributed by atoms with E-state index in [0.717, 1.165) is 25.9 Å². The topological polar surface area (TPSA) is 29.3 Å². The van der Waals surface area contributed by atoms with Crippen LogP contribution in [-0.2, 0) is 6.54 Å². The molecule has 0 aromatic heterocycles. The summed E-state index contributed by atoms with van der Waals surface area (Å²) < 4.78 is 0. The molecule has 0 amide bonds. The van der Waals surface area contributed by atoms with Crippen LogP contribution in [0.3, 0.4) is 0 Å². The molecular formula is C15H22Cl2N2. The second kappa shape index (κ2) is 6.94. The average molecular weight is 301 g/mol. The molecule has 0 aliphatic heterocycles. The summed E-state index contributed by atoms with van der Waals surface area (Å²) in [6, 6.07) is 6.83. The Morgan fingerprint density at radius 2 is 1.68 bits per heavy atom. The molecule has 0 atom stereocenters. The third-order valence-corrected chi connectivity index (χ3v) is 4.41. The van der Waals surface area contributed by atoms with E-state index in [4.69, 9.17) is 28.9 Å². The van der Waals surface area contributed by atoms with Crippen molar-refractivity contribution in [1.29, 1.82) is 0 Å². The molecule has 1 aliphatic rings. The Labute approximate surface area is 125 Å². The van der Waals surface area contributed by atoms with Gasteiger partial charge in [0.2, 0.25) is 0 Å². The maximum atomic E-state index is 6.06. The normalized spacial score (nSPS) is 23.8. The fraction of sp³-hybridized carbons (Fsp3) is 0.600. The first-order valence-electron chi connectivity index (χ1n) is 7.03. The highest BCUT2D eigenvalue weighted by molar-refractivity contribution is 6.34. The number of hydrogen-bond acceptors (Lipinski definition) is 2. The monoisotopic (exact) mass is 300 g/mol. The van der Waals surface area contributed by atoms with Gasteiger partial charge in [0.1, 0.15) is 0 Å². The lowest BCUT2D eigenvalue weighted by Crippen LogP contribution is -2.40. The van der Waals surface area contributed by atoms with Crippen LogP contribution in [0, 0.1) is 0 Å². The van der Waals surface area contributed by atoms with E-state index in [9.17, 15) is 0 Å². The standard InChI is InChI=1S/C15H22Cl2N2/c1-2-19(15-5-3-14(18)4-6-15)10-11-7-12(16)9-13(17)8-11/h7-9,14-15H,2-6,10,18H2,1H3. The van der Waals surface area contributed by atoms with Gasteiger partial charge < -0.3 is 5.73 Å². The largest absolute Gasteiger partial charge is 0.328 e. The van der Waals surface area contributed by atoms with E-state index in [1.165, 1.54) is 18.4 Å². The van der Waals surface area contributed by atoms with Crippen molar-refractivity contribution in [3.05, 3.63) is 33.8 Å². The first kappa shape index (κ1) is 15.1. The van der Waals surface area contributed by atoms with E-state index < -0.39 is 0 Å². The number of hydrogen-bond donors (Lipinski definition) is 1. The van der Waals surface area contributed by atoms with E-state index in [1.807, 2.05) is 12.1 Å². The Morgan fingerprint density at radius 3 is 2.21 bits per heavy atom. The number of nitrogens with two attached hydrogens (primary N) is 1. The van der Waals surface area contributed by atoms with E-state index in [2.05, 4.69) is 11.8 Å². The highest BCUT2D eigenvalue weighted by atomic mass is 35.5. The molecular weight excluding hydrogens is 279 g/mol. The summed E-state index contributed by atoms with van der Waals surface area (Å²) in [6.07, 6.45) is 4.67. The number of halogens is 2. The first-order chi connectivity index (χ1) is 9.08. The minimum Gasteiger partial charge on any atom is -0.328 e. The van der Waals surface area contributed by atoms with Crippen LogP contribution in [0.2, 0.25) is 10.0 Å². The minimum absolute atomic E-state index is 0.399. The van der Waals surface area contributed by atoms with E-state index in [-0.39, 0.29) is 0 Å². The molecule has 1 aliphatic carbocycles. The van der Waals surface area contributed by atoms with Crippen molar-refractivity contribution in [3.63, 3.8) is 0 Å². The molecule has 0 saturated heterocycles.